The summed E-state index contributed by atoms with van der Waals surface area (Å²) in [6, 6.07) is 0. The molecule has 0 amide bonds. The van der Waals surface area contributed by atoms with E-state index in [-0.39, 0.29) is 12.4 Å². The average molecular weight is 301 g/mol. The first-order chi connectivity index (χ1) is 6.93. The Labute approximate surface area is 108 Å². The summed E-state index contributed by atoms with van der Waals surface area (Å²) in [6.45, 7) is 3.23. The molecule has 15 heavy (non-hydrogen) atoms. The van der Waals surface area contributed by atoms with Gasteiger partial charge in [-0.3, -0.25) is 0 Å². The average Bonchev–Trinajstić information content (AvgIpc) is 2.25. The molecule has 0 bridgehead atoms. The zero-order chi connectivity index (χ0) is 10.1. The van der Waals surface area contributed by atoms with Gasteiger partial charge in [0.15, 0.2) is 0 Å². The first-order valence-corrected chi connectivity index (χ1v) is 6.94. The number of hydrogen-bond donors (Lipinski definition) is 1. The fourth-order valence-corrected chi connectivity index (χ4v) is 2.16. The van der Waals surface area contributed by atoms with Crippen LogP contribution in [0.25, 0.3) is 0 Å². The molecule has 0 atom stereocenters. The van der Waals surface area contributed by atoms with E-state index in [4.69, 9.17) is 4.74 Å². The second kappa shape index (κ2) is 11.2. The maximum Gasteiger partial charge on any atom is 0.0599 e. The van der Waals surface area contributed by atoms with E-state index in [1.807, 2.05) is 0 Å². The van der Waals surface area contributed by atoms with Gasteiger partial charge < -0.3 is 10.1 Å². The van der Waals surface area contributed by atoms with E-state index in [9.17, 15) is 0 Å². The molecule has 2 nitrogen and oxygen atoms in total. The summed E-state index contributed by atoms with van der Waals surface area (Å²) in [5.74, 6) is 0. The van der Waals surface area contributed by atoms with E-state index >= 15 is 0 Å². The summed E-state index contributed by atoms with van der Waals surface area (Å²) < 4.78 is 5.81. The van der Waals surface area contributed by atoms with Crippen LogP contribution in [-0.2, 0) is 4.74 Å². The van der Waals surface area contributed by atoms with E-state index < -0.39 is 0 Å². The Morgan fingerprint density at radius 1 is 1.07 bits per heavy atom. The van der Waals surface area contributed by atoms with Crippen LogP contribution in [0.5, 0.6) is 0 Å². The summed E-state index contributed by atoms with van der Waals surface area (Å²) >= 11 is 3.44. The summed E-state index contributed by atoms with van der Waals surface area (Å²) in [5, 5.41) is 4.49. The van der Waals surface area contributed by atoms with E-state index in [0.717, 1.165) is 25.0 Å². The van der Waals surface area contributed by atoms with Gasteiger partial charge in [0.2, 0.25) is 0 Å². The third-order valence-electron chi connectivity index (χ3n) is 2.67. The van der Waals surface area contributed by atoms with E-state index in [1.54, 1.807) is 0 Å². The molecular formula is C11H23BrClNO. The topological polar surface area (TPSA) is 21.3 Å². The van der Waals surface area contributed by atoms with Crippen LogP contribution in [0, 0.1) is 0 Å². The Morgan fingerprint density at radius 3 is 2.40 bits per heavy atom. The lowest BCUT2D eigenvalue weighted by molar-refractivity contribution is 0.0308. The summed E-state index contributed by atoms with van der Waals surface area (Å²) in [4.78, 5) is 0. The molecule has 1 saturated heterocycles. The van der Waals surface area contributed by atoms with E-state index in [2.05, 4.69) is 21.2 Å². The molecule has 92 valence electrons. The van der Waals surface area contributed by atoms with Crippen molar-refractivity contribution in [1.29, 1.82) is 0 Å². The predicted molar refractivity (Wildman–Crippen MR) is 71.4 cm³/mol. The van der Waals surface area contributed by atoms with Crippen molar-refractivity contribution < 1.29 is 4.74 Å². The van der Waals surface area contributed by atoms with Crippen LogP contribution in [0.1, 0.15) is 38.5 Å². The molecular weight excluding hydrogens is 277 g/mol. The Kier molecular flexibility index (Phi) is 11.7. The highest BCUT2D eigenvalue weighted by Crippen LogP contribution is 2.09. The maximum atomic E-state index is 5.81. The molecule has 0 spiro atoms. The van der Waals surface area contributed by atoms with E-state index in [1.165, 1.54) is 38.5 Å². The van der Waals surface area contributed by atoms with Crippen molar-refractivity contribution >= 4 is 28.3 Å². The lowest BCUT2D eigenvalue weighted by Gasteiger charge is -2.22. The molecule has 0 aromatic rings. The third-order valence-corrected chi connectivity index (χ3v) is 3.23. The fraction of sp³-hybridized carbons (Fsp3) is 1.00. The molecule has 0 aliphatic carbocycles. The van der Waals surface area contributed by atoms with Gasteiger partial charge >= 0.3 is 0 Å². The molecule has 1 aliphatic heterocycles. The first kappa shape index (κ1) is 15.7. The van der Waals surface area contributed by atoms with Crippen LogP contribution < -0.4 is 5.32 Å². The number of halogens is 2. The highest BCUT2D eigenvalue weighted by Gasteiger charge is 2.12. The van der Waals surface area contributed by atoms with Gasteiger partial charge in [0.25, 0.3) is 0 Å². The van der Waals surface area contributed by atoms with Crippen molar-refractivity contribution in [3.05, 3.63) is 0 Å². The summed E-state index contributed by atoms with van der Waals surface area (Å²) in [5.41, 5.74) is 0. The largest absolute Gasteiger partial charge is 0.378 e. The molecule has 0 aromatic carbocycles. The number of nitrogens with one attached hydrogen (secondary N) is 1. The van der Waals surface area contributed by atoms with Crippen molar-refractivity contribution in [3.8, 4) is 0 Å². The van der Waals surface area contributed by atoms with Crippen molar-refractivity contribution in [3.63, 3.8) is 0 Å². The molecule has 4 heteroatoms. The Morgan fingerprint density at radius 2 is 1.73 bits per heavy atom. The molecule has 0 radical (unpaired) electrons. The SMILES string of the molecule is BrCCCCCCOC1CCNCC1.Cl. The van der Waals surface area contributed by atoms with Crippen molar-refractivity contribution in [2.75, 3.05) is 25.0 Å². The van der Waals surface area contributed by atoms with E-state index in [0.29, 0.717) is 6.10 Å². The number of unbranched alkanes of at least 4 members (excludes halogenated alkanes) is 3. The van der Waals surface area contributed by atoms with Crippen LogP contribution in [-0.4, -0.2) is 31.1 Å². The van der Waals surface area contributed by atoms with Gasteiger partial charge in [-0.05, 0) is 38.8 Å². The fourth-order valence-electron chi connectivity index (χ4n) is 1.76. The monoisotopic (exact) mass is 299 g/mol. The molecule has 0 saturated carbocycles. The maximum absolute atomic E-state index is 5.81. The van der Waals surface area contributed by atoms with Crippen LogP contribution in [0.2, 0.25) is 0 Å². The lowest BCUT2D eigenvalue weighted by atomic mass is 10.1. The predicted octanol–water partition coefficient (Wildman–Crippen LogP) is 3.13. The van der Waals surface area contributed by atoms with Gasteiger partial charge in [0.1, 0.15) is 0 Å². The lowest BCUT2D eigenvalue weighted by Crippen LogP contribution is -2.32. The molecule has 0 unspecified atom stereocenters. The second-order valence-corrected chi connectivity index (χ2v) is 4.72. The summed E-state index contributed by atoms with van der Waals surface area (Å²) in [7, 11) is 0. The second-order valence-electron chi connectivity index (χ2n) is 3.92. The molecule has 1 N–H and O–H groups in total. The van der Waals surface area contributed by atoms with Gasteiger partial charge in [0, 0.05) is 11.9 Å². The molecule has 1 aliphatic rings. The van der Waals surface area contributed by atoms with Gasteiger partial charge in [-0.15, -0.1) is 12.4 Å². The number of alkyl halides is 1. The Balaban J connectivity index is 0.00000196. The minimum atomic E-state index is 0. The molecule has 1 rings (SSSR count). The Bertz CT molecular complexity index is 132. The highest BCUT2D eigenvalue weighted by molar-refractivity contribution is 9.09. The smallest absolute Gasteiger partial charge is 0.0599 e. The van der Waals surface area contributed by atoms with Crippen LogP contribution in [0.3, 0.4) is 0 Å². The van der Waals surface area contributed by atoms with Gasteiger partial charge in [-0.2, -0.15) is 0 Å². The van der Waals surface area contributed by atoms with Crippen LogP contribution in [0.15, 0.2) is 0 Å². The first-order valence-electron chi connectivity index (χ1n) is 5.82. The van der Waals surface area contributed by atoms with Gasteiger partial charge in [-0.1, -0.05) is 28.8 Å². The van der Waals surface area contributed by atoms with Crippen LogP contribution in [0.4, 0.5) is 0 Å². The van der Waals surface area contributed by atoms with Gasteiger partial charge in [0.05, 0.1) is 6.10 Å². The zero-order valence-electron chi connectivity index (χ0n) is 9.34. The zero-order valence-corrected chi connectivity index (χ0v) is 11.7. The molecule has 0 aromatic heterocycles. The molecule has 1 fully saturated rings. The number of rotatable bonds is 7. The highest BCUT2D eigenvalue weighted by atomic mass is 79.9. The minimum Gasteiger partial charge on any atom is -0.378 e. The quantitative estimate of drug-likeness (QED) is 0.576. The van der Waals surface area contributed by atoms with Crippen LogP contribution >= 0.6 is 28.3 Å². The number of hydrogen-bond acceptors (Lipinski definition) is 2. The standard InChI is InChI=1S/C11H22BrNO.ClH/c12-7-3-1-2-4-10-14-11-5-8-13-9-6-11;/h11,13H,1-10H2;1H. The molecule has 1 heterocycles. The van der Waals surface area contributed by atoms with Gasteiger partial charge in [-0.25, -0.2) is 0 Å². The minimum absolute atomic E-state index is 0. The third kappa shape index (κ3) is 8.49. The summed E-state index contributed by atoms with van der Waals surface area (Å²) in [6.07, 6.45) is 8.11. The Hall–Kier alpha value is 0.690. The number of piperidine rings is 1. The van der Waals surface area contributed by atoms with Crippen molar-refractivity contribution in [2.45, 2.75) is 44.6 Å². The van der Waals surface area contributed by atoms with Crippen molar-refractivity contribution in [2.24, 2.45) is 0 Å². The number of ether oxygens (including phenoxy) is 1. The normalized spacial score (nSPS) is 17.4. The van der Waals surface area contributed by atoms with Crippen molar-refractivity contribution in [1.82, 2.24) is 5.32 Å².